The van der Waals surface area contributed by atoms with Crippen molar-refractivity contribution >= 4 is 23.5 Å². The van der Waals surface area contributed by atoms with Crippen molar-refractivity contribution in [3.63, 3.8) is 0 Å². The van der Waals surface area contributed by atoms with E-state index in [0.717, 1.165) is 17.0 Å². The zero-order chi connectivity index (χ0) is 14.7. The number of aliphatic carboxylic acids is 1. The molecule has 2 N–H and O–H groups in total. The van der Waals surface area contributed by atoms with Gasteiger partial charge in [-0.05, 0) is 31.0 Å². The molecular formula is C14H16N2O4. The molecule has 0 bridgehead atoms. The molecule has 0 unspecified atom stereocenters. The number of nitrogens with one attached hydrogen (secondary N) is 1. The molecule has 1 aliphatic heterocycles. The first-order valence-electron chi connectivity index (χ1n) is 6.43. The standard InChI is InChI=1S/C14H16N2O4/c1-16-13(19)10-6-5-9(8-11(10)14(16)20)15-7-3-2-4-12(17)18/h5-6,8,15H,2-4,7H2,1H3,(H,17,18). The highest BCUT2D eigenvalue weighted by atomic mass is 16.4. The van der Waals surface area contributed by atoms with Crippen molar-refractivity contribution in [1.29, 1.82) is 0 Å². The van der Waals surface area contributed by atoms with Crippen LogP contribution in [0.1, 0.15) is 40.0 Å². The first-order valence-corrected chi connectivity index (χ1v) is 6.43. The van der Waals surface area contributed by atoms with Gasteiger partial charge in [-0.25, -0.2) is 0 Å². The predicted octanol–water partition coefficient (Wildman–Crippen LogP) is 1.58. The number of carbonyl (C=O) groups is 3. The van der Waals surface area contributed by atoms with E-state index in [0.29, 0.717) is 24.1 Å². The van der Waals surface area contributed by atoms with Crippen LogP contribution in [0.3, 0.4) is 0 Å². The summed E-state index contributed by atoms with van der Waals surface area (Å²) in [5, 5.41) is 11.6. The summed E-state index contributed by atoms with van der Waals surface area (Å²) in [5.74, 6) is -1.37. The molecule has 0 saturated carbocycles. The Hall–Kier alpha value is -2.37. The predicted molar refractivity (Wildman–Crippen MR) is 72.8 cm³/mol. The summed E-state index contributed by atoms with van der Waals surface area (Å²) in [6.45, 7) is 0.629. The van der Waals surface area contributed by atoms with Crippen molar-refractivity contribution in [2.24, 2.45) is 0 Å². The highest BCUT2D eigenvalue weighted by Gasteiger charge is 2.32. The second kappa shape index (κ2) is 5.73. The van der Waals surface area contributed by atoms with Crippen LogP contribution in [-0.2, 0) is 4.79 Å². The maximum Gasteiger partial charge on any atom is 0.303 e. The van der Waals surface area contributed by atoms with E-state index in [1.807, 2.05) is 0 Å². The van der Waals surface area contributed by atoms with Gasteiger partial charge in [0.2, 0.25) is 0 Å². The number of imide groups is 1. The number of hydrogen-bond acceptors (Lipinski definition) is 4. The maximum atomic E-state index is 11.8. The van der Waals surface area contributed by atoms with Gasteiger partial charge in [-0.3, -0.25) is 19.3 Å². The van der Waals surface area contributed by atoms with Gasteiger partial charge in [0.05, 0.1) is 11.1 Å². The van der Waals surface area contributed by atoms with E-state index >= 15 is 0 Å². The number of hydrogen-bond donors (Lipinski definition) is 2. The van der Waals surface area contributed by atoms with Crippen molar-refractivity contribution in [3.8, 4) is 0 Å². The first kappa shape index (κ1) is 14.0. The van der Waals surface area contributed by atoms with Gasteiger partial charge in [0, 0.05) is 25.7 Å². The lowest BCUT2D eigenvalue weighted by molar-refractivity contribution is -0.137. The van der Waals surface area contributed by atoms with Crippen molar-refractivity contribution in [1.82, 2.24) is 4.90 Å². The van der Waals surface area contributed by atoms with Crippen LogP contribution in [0.25, 0.3) is 0 Å². The third-order valence-electron chi connectivity index (χ3n) is 3.24. The average Bonchev–Trinajstić information content (AvgIpc) is 2.63. The van der Waals surface area contributed by atoms with Crippen LogP contribution in [0.5, 0.6) is 0 Å². The molecule has 1 aromatic rings. The number of nitrogens with zero attached hydrogens (tertiary/aromatic N) is 1. The second-order valence-electron chi connectivity index (χ2n) is 4.71. The normalized spacial score (nSPS) is 13.6. The lowest BCUT2D eigenvalue weighted by Gasteiger charge is -2.06. The minimum Gasteiger partial charge on any atom is -0.481 e. The number of unbranched alkanes of at least 4 members (excludes halogenated alkanes) is 1. The average molecular weight is 276 g/mol. The molecular weight excluding hydrogens is 260 g/mol. The largest absolute Gasteiger partial charge is 0.481 e. The van der Waals surface area contributed by atoms with E-state index in [1.54, 1.807) is 18.2 Å². The Labute approximate surface area is 116 Å². The number of amides is 2. The van der Waals surface area contributed by atoms with Gasteiger partial charge in [-0.2, -0.15) is 0 Å². The minimum atomic E-state index is -0.797. The molecule has 0 atom stereocenters. The molecule has 6 heteroatoms. The van der Waals surface area contributed by atoms with E-state index in [9.17, 15) is 14.4 Å². The van der Waals surface area contributed by atoms with Crippen LogP contribution in [0.15, 0.2) is 18.2 Å². The monoisotopic (exact) mass is 276 g/mol. The van der Waals surface area contributed by atoms with Crippen molar-refractivity contribution in [3.05, 3.63) is 29.3 Å². The summed E-state index contributed by atoms with van der Waals surface area (Å²) in [5.41, 5.74) is 1.59. The van der Waals surface area contributed by atoms with Gasteiger partial charge in [0.1, 0.15) is 0 Å². The molecule has 0 spiro atoms. The Kier molecular flexibility index (Phi) is 4.02. The summed E-state index contributed by atoms with van der Waals surface area (Å²) in [6.07, 6.45) is 1.49. The summed E-state index contributed by atoms with van der Waals surface area (Å²) >= 11 is 0. The summed E-state index contributed by atoms with van der Waals surface area (Å²) in [6, 6.07) is 5.05. The quantitative estimate of drug-likeness (QED) is 0.608. The van der Waals surface area contributed by atoms with E-state index in [2.05, 4.69) is 5.32 Å². The zero-order valence-electron chi connectivity index (χ0n) is 11.2. The van der Waals surface area contributed by atoms with Crippen molar-refractivity contribution in [2.75, 3.05) is 18.9 Å². The van der Waals surface area contributed by atoms with Crippen LogP contribution in [0.4, 0.5) is 5.69 Å². The number of rotatable bonds is 6. The summed E-state index contributed by atoms with van der Waals surface area (Å²) in [4.78, 5) is 35.0. The van der Waals surface area contributed by atoms with Gasteiger partial charge in [-0.15, -0.1) is 0 Å². The van der Waals surface area contributed by atoms with Crippen molar-refractivity contribution < 1.29 is 19.5 Å². The van der Waals surface area contributed by atoms with E-state index < -0.39 is 5.97 Å². The molecule has 1 aliphatic rings. The third-order valence-corrected chi connectivity index (χ3v) is 3.24. The second-order valence-corrected chi connectivity index (χ2v) is 4.71. The third kappa shape index (κ3) is 2.79. The Morgan fingerprint density at radius 2 is 1.90 bits per heavy atom. The molecule has 0 radical (unpaired) electrons. The zero-order valence-corrected chi connectivity index (χ0v) is 11.2. The Morgan fingerprint density at radius 3 is 2.60 bits per heavy atom. The summed E-state index contributed by atoms with van der Waals surface area (Å²) in [7, 11) is 1.46. The molecule has 2 rings (SSSR count). The summed E-state index contributed by atoms with van der Waals surface area (Å²) < 4.78 is 0. The highest BCUT2D eigenvalue weighted by Crippen LogP contribution is 2.24. The number of carboxylic acids is 1. The topological polar surface area (TPSA) is 86.7 Å². The highest BCUT2D eigenvalue weighted by molar-refractivity contribution is 6.21. The van der Waals surface area contributed by atoms with Gasteiger partial charge in [0.15, 0.2) is 0 Å². The van der Waals surface area contributed by atoms with Gasteiger partial charge in [0.25, 0.3) is 11.8 Å². The van der Waals surface area contributed by atoms with Crippen molar-refractivity contribution in [2.45, 2.75) is 19.3 Å². The van der Waals surface area contributed by atoms with Gasteiger partial charge >= 0.3 is 5.97 Å². The SMILES string of the molecule is CN1C(=O)c2ccc(NCCCCC(=O)O)cc2C1=O. The smallest absolute Gasteiger partial charge is 0.303 e. The number of fused-ring (bicyclic) bond motifs is 1. The Morgan fingerprint density at radius 1 is 1.20 bits per heavy atom. The van der Waals surface area contributed by atoms with E-state index in [4.69, 9.17) is 5.11 Å². The molecule has 0 fully saturated rings. The lowest BCUT2D eigenvalue weighted by Crippen LogP contribution is -2.24. The van der Waals surface area contributed by atoms with Crippen LogP contribution >= 0.6 is 0 Å². The molecule has 1 heterocycles. The Balaban J connectivity index is 1.94. The van der Waals surface area contributed by atoms with E-state index in [-0.39, 0.29) is 18.2 Å². The van der Waals surface area contributed by atoms with Crippen LogP contribution in [-0.4, -0.2) is 41.4 Å². The molecule has 6 nitrogen and oxygen atoms in total. The molecule has 2 amide bonds. The Bertz CT molecular complexity index is 568. The number of anilines is 1. The first-order chi connectivity index (χ1) is 9.50. The molecule has 1 aromatic carbocycles. The molecule has 20 heavy (non-hydrogen) atoms. The molecule has 0 aromatic heterocycles. The van der Waals surface area contributed by atoms with Gasteiger partial charge < -0.3 is 10.4 Å². The molecule has 106 valence electrons. The lowest BCUT2D eigenvalue weighted by atomic mass is 10.1. The van der Waals surface area contributed by atoms with Gasteiger partial charge in [-0.1, -0.05) is 0 Å². The fraction of sp³-hybridized carbons (Fsp3) is 0.357. The van der Waals surface area contributed by atoms with Crippen LogP contribution in [0.2, 0.25) is 0 Å². The minimum absolute atomic E-state index is 0.156. The fourth-order valence-electron chi connectivity index (χ4n) is 2.11. The van der Waals surface area contributed by atoms with E-state index in [1.165, 1.54) is 7.05 Å². The van der Waals surface area contributed by atoms with Crippen LogP contribution in [0, 0.1) is 0 Å². The number of carbonyl (C=O) groups excluding carboxylic acids is 2. The van der Waals surface area contributed by atoms with Crippen LogP contribution < -0.4 is 5.32 Å². The molecule has 0 saturated heterocycles. The fourth-order valence-corrected chi connectivity index (χ4v) is 2.11. The number of carboxylic acid groups (broad SMARTS) is 1. The maximum absolute atomic E-state index is 11.8. The molecule has 0 aliphatic carbocycles. The number of benzene rings is 1.